The lowest BCUT2D eigenvalue weighted by molar-refractivity contribution is -0.910. The van der Waals surface area contributed by atoms with Gasteiger partial charge in [0.05, 0.1) is 23.9 Å². The molecule has 0 spiro atoms. The van der Waals surface area contributed by atoms with Crippen LogP contribution >= 0.6 is 11.3 Å². The van der Waals surface area contributed by atoms with Gasteiger partial charge in [-0.25, -0.2) is 0 Å². The first-order chi connectivity index (χ1) is 11.3. The number of thiophene rings is 1. The lowest BCUT2D eigenvalue weighted by Gasteiger charge is -2.20. The van der Waals surface area contributed by atoms with Gasteiger partial charge in [0.2, 0.25) is 0 Å². The van der Waals surface area contributed by atoms with Crippen molar-refractivity contribution in [3.63, 3.8) is 0 Å². The van der Waals surface area contributed by atoms with Gasteiger partial charge in [0.15, 0.2) is 6.54 Å². The van der Waals surface area contributed by atoms with Gasteiger partial charge in [-0.15, -0.1) is 11.3 Å². The van der Waals surface area contributed by atoms with Crippen LogP contribution < -0.4 is 10.2 Å². The summed E-state index contributed by atoms with van der Waals surface area (Å²) in [5, 5.41) is 13.7. The molecule has 2 aromatic rings. The van der Waals surface area contributed by atoms with Gasteiger partial charge in [0.25, 0.3) is 5.91 Å². The molecule has 3 rings (SSSR count). The highest BCUT2D eigenvalue weighted by molar-refractivity contribution is 7.10. The predicted molar refractivity (Wildman–Crippen MR) is 91.4 cm³/mol. The number of anilines is 1. The van der Waals surface area contributed by atoms with Crippen LogP contribution in [0, 0.1) is 11.3 Å². The lowest BCUT2D eigenvalue weighted by Crippen LogP contribution is -3.11. The van der Waals surface area contributed by atoms with Gasteiger partial charge in [-0.3, -0.25) is 4.79 Å². The van der Waals surface area contributed by atoms with Crippen molar-refractivity contribution in [1.29, 1.82) is 5.26 Å². The molecule has 1 saturated heterocycles. The molecule has 118 valence electrons. The second-order valence-corrected chi connectivity index (χ2v) is 6.85. The van der Waals surface area contributed by atoms with Crippen LogP contribution in [0.15, 0.2) is 41.8 Å². The Labute approximate surface area is 140 Å². The number of likely N-dealkylation sites (tertiary alicyclic amines) is 1. The summed E-state index contributed by atoms with van der Waals surface area (Å²) in [6.45, 7) is 1.56. The fourth-order valence-corrected chi connectivity index (χ4v) is 4.08. The summed E-state index contributed by atoms with van der Waals surface area (Å²) in [6, 6.07) is 14.3. The largest absolute Gasteiger partial charge is 0.321 e. The predicted octanol–water partition coefficient (Wildman–Crippen LogP) is 2.17. The third kappa shape index (κ3) is 3.98. The molecule has 1 aliphatic heterocycles. The average Bonchev–Trinajstić information content (AvgIpc) is 3.20. The molecule has 0 radical (unpaired) electrons. The Bertz CT molecular complexity index is 688. The van der Waals surface area contributed by atoms with Gasteiger partial charge in [-0.1, -0.05) is 18.2 Å². The number of quaternary nitrogens is 1. The molecule has 4 nitrogen and oxygen atoms in total. The number of carbonyl (C=O) groups is 1. The topological polar surface area (TPSA) is 57.3 Å². The molecule has 1 aliphatic rings. The Morgan fingerprint density at radius 1 is 1.35 bits per heavy atom. The Kier molecular flexibility index (Phi) is 5.06. The molecule has 1 unspecified atom stereocenters. The van der Waals surface area contributed by atoms with Crippen LogP contribution in [0.1, 0.15) is 29.3 Å². The summed E-state index contributed by atoms with van der Waals surface area (Å²) < 4.78 is 0. The fourth-order valence-electron chi connectivity index (χ4n) is 3.16. The molecule has 1 amide bonds. The van der Waals surface area contributed by atoms with Crippen molar-refractivity contribution >= 4 is 22.9 Å². The van der Waals surface area contributed by atoms with Crippen LogP contribution in [0.2, 0.25) is 0 Å². The van der Waals surface area contributed by atoms with E-state index in [4.69, 9.17) is 5.26 Å². The average molecular weight is 326 g/mol. The molecule has 0 saturated carbocycles. The van der Waals surface area contributed by atoms with Gasteiger partial charge in [0.1, 0.15) is 6.04 Å². The summed E-state index contributed by atoms with van der Waals surface area (Å²) in [5.74, 6) is 0.0523. The molecule has 2 atom stereocenters. The van der Waals surface area contributed by atoms with Crippen molar-refractivity contribution in [2.24, 2.45) is 0 Å². The number of carbonyl (C=O) groups excluding carboxylic acids is 1. The summed E-state index contributed by atoms with van der Waals surface area (Å²) in [5.41, 5.74) is 1.76. The Morgan fingerprint density at radius 3 is 2.87 bits per heavy atom. The van der Waals surface area contributed by atoms with E-state index in [0.717, 1.165) is 24.2 Å². The third-order valence-electron chi connectivity index (χ3n) is 4.28. The molecular weight excluding hydrogens is 306 g/mol. The summed E-state index contributed by atoms with van der Waals surface area (Å²) in [4.78, 5) is 15.0. The summed E-state index contributed by atoms with van der Waals surface area (Å²) in [6.07, 6.45) is 2.73. The second-order valence-electron chi connectivity index (χ2n) is 5.88. The maximum Gasteiger partial charge on any atom is 0.279 e. The zero-order valence-corrected chi connectivity index (χ0v) is 13.7. The smallest absolute Gasteiger partial charge is 0.279 e. The van der Waals surface area contributed by atoms with Crippen LogP contribution in [-0.4, -0.2) is 19.0 Å². The molecule has 23 heavy (non-hydrogen) atoms. The molecule has 1 fully saturated rings. The van der Waals surface area contributed by atoms with Gasteiger partial charge in [-0.05, 0) is 29.1 Å². The normalized spacial score (nSPS) is 20.1. The number of amides is 1. The lowest BCUT2D eigenvalue weighted by atomic mass is 10.1. The number of rotatable bonds is 5. The molecule has 2 N–H and O–H groups in total. The van der Waals surface area contributed by atoms with E-state index in [9.17, 15) is 4.79 Å². The molecule has 1 aromatic carbocycles. The number of hydrogen-bond acceptors (Lipinski definition) is 3. The standard InChI is InChI=1S/C18H19N3OS/c19-10-9-14-5-7-15(8-6-14)20-18(22)13-21-11-1-3-16(21)17-4-2-12-23-17/h2,4-8,12,16H,1,3,9,11,13H2,(H,20,22)/p+1/t16-/m0/s1. The molecule has 1 aromatic heterocycles. The van der Waals surface area contributed by atoms with E-state index in [1.165, 1.54) is 16.2 Å². The van der Waals surface area contributed by atoms with Gasteiger partial charge in [-0.2, -0.15) is 5.26 Å². The van der Waals surface area contributed by atoms with E-state index >= 15 is 0 Å². The SMILES string of the molecule is N#CCc1ccc(NC(=O)C[NH+]2CCC[C@H]2c2cccs2)cc1. The van der Waals surface area contributed by atoms with E-state index in [2.05, 4.69) is 28.9 Å². The maximum absolute atomic E-state index is 12.3. The van der Waals surface area contributed by atoms with Crippen molar-refractivity contribution < 1.29 is 9.69 Å². The number of nitriles is 1. The van der Waals surface area contributed by atoms with Crippen molar-refractivity contribution in [2.75, 3.05) is 18.4 Å². The van der Waals surface area contributed by atoms with Crippen LogP contribution in [0.5, 0.6) is 0 Å². The van der Waals surface area contributed by atoms with Crippen LogP contribution in [0.4, 0.5) is 5.69 Å². The first-order valence-electron chi connectivity index (χ1n) is 7.90. The monoisotopic (exact) mass is 326 g/mol. The van der Waals surface area contributed by atoms with Gasteiger partial charge in [0, 0.05) is 18.5 Å². The molecule has 0 bridgehead atoms. The summed E-state index contributed by atoms with van der Waals surface area (Å²) >= 11 is 1.78. The van der Waals surface area contributed by atoms with Crippen molar-refractivity contribution in [1.82, 2.24) is 0 Å². The van der Waals surface area contributed by atoms with Gasteiger partial charge < -0.3 is 10.2 Å². The van der Waals surface area contributed by atoms with E-state index in [1.54, 1.807) is 11.3 Å². The molecule has 0 aliphatic carbocycles. The zero-order valence-electron chi connectivity index (χ0n) is 12.9. The first kappa shape index (κ1) is 15.7. The minimum absolute atomic E-state index is 0.0523. The second kappa shape index (κ2) is 7.40. The highest BCUT2D eigenvalue weighted by atomic mass is 32.1. The minimum atomic E-state index is 0.0523. The van der Waals surface area contributed by atoms with E-state index in [-0.39, 0.29) is 5.91 Å². The third-order valence-corrected chi connectivity index (χ3v) is 5.26. The van der Waals surface area contributed by atoms with Gasteiger partial charge >= 0.3 is 0 Å². The zero-order chi connectivity index (χ0) is 16.1. The number of benzene rings is 1. The minimum Gasteiger partial charge on any atom is -0.321 e. The first-order valence-corrected chi connectivity index (χ1v) is 8.78. The molecule has 2 heterocycles. The van der Waals surface area contributed by atoms with E-state index in [1.807, 2.05) is 24.3 Å². The highest BCUT2D eigenvalue weighted by Crippen LogP contribution is 2.23. The van der Waals surface area contributed by atoms with Crippen molar-refractivity contribution in [2.45, 2.75) is 25.3 Å². The Hall–Kier alpha value is -2.16. The Morgan fingerprint density at radius 2 is 2.17 bits per heavy atom. The van der Waals surface area contributed by atoms with Crippen molar-refractivity contribution in [3.8, 4) is 6.07 Å². The number of nitrogens with one attached hydrogen (secondary N) is 2. The van der Waals surface area contributed by atoms with Crippen LogP contribution in [0.3, 0.4) is 0 Å². The van der Waals surface area contributed by atoms with Crippen molar-refractivity contribution in [3.05, 3.63) is 52.2 Å². The fraction of sp³-hybridized carbons (Fsp3) is 0.333. The summed E-state index contributed by atoms with van der Waals surface area (Å²) in [7, 11) is 0. The Balaban J connectivity index is 1.57. The molecule has 5 heteroatoms. The van der Waals surface area contributed by atoms with E-state index < -0.39 is 0 Å². The highest BCUT2D eigenvalue weighted by Gasteiger charge is 2.32. The van der Waals surface area contributed by atoms with E-state index in [0.29, 0.717) is 19.0 Å². The quantitative estimate of drug-likeness (QED) is 0.885. The molecular formula is C18H20N3OS+. The van der Waals surface area contributed by atoms with Crippen LogP contribution in [-0.2, 0) is 11.2 Å². The number of nitrogens with zero attached hydrogens (tertiary/aromatic N) is 1. The maximum atomic E-state index is 12.3. The number of hydrogen-bond donors (Lipinski definition) is 2. The van der Waals surface area contributed by atoms with Crippen LogP contribution in [0.25, 0.3) is 0 Å².